The molecule has 1 heterocycles. The van der Waals surface area contributed by atoms with Crippen molar-refractivity contribution in [3.8, 4) is 0 Å². The summed E-state index contributed by atoms with van der Waals surface area (Å²) in [4.78, 5) is 0. The van der Waals surface area contributed by atoms with E-state index in [4.69, 9.17) is 4.74 Å². The van der Waals surface area contributed by atoms with Crippen LogP contribution in [0.4, 0.5) is 0 Å². The Bertz CT molecular complexity index is 183. The molecule has 1 saturated carbocycles. The normalized spacial score (nSPS) is 35.6. The first-order valence-corrected chi connectivity index (χ1v) is 6.67. The van der Waals surface area contributed by atoms with Gasteiger partial charge in [-0.15, -0.1) is 0 Å². The Morgan fingerprint density at radius 3 is 2.67 bits per heavy atom. The van der Waals surface area contributed by atoms with E-state index < -0.39 is 0 Å². The summed E-state index contributed by atoms with van der Waals surface area (Å²) in [6.45, 7) is 6.54. The molecule has 0 bridgehead atoms. The van der Waals surface area contributed by atoms with Crippen molar-refractivity contribution in [3.05, 3.63) is 0 Å². The first-order chi connectivity index (χ1) is 7.29. The second kappa shape index (κ2) is 4.84. The second-order valence-electron chi connectivity index (χ2n) is 5.23. The number of nitrogens with one attached hydrogen (secondary N) is 1. The zero-order chi connectivity index (χ0) is 10.7. The number of rotatable bonds is 2. The maximum Gasteiger partial charge on any atom is 0.0801 e. The van der Waals surface area contributed by atoms with Crippen LogP contribution in [0.5, 0.6) is 0 Å². The van der Waals surface area contributed by atoms with E-state index >= 15 is 0 Å². The van der Waals surface area contributed by atoms with E-state index in [0.717, 1.165) is 38.0 Å². The van der Waals surface area contributed by atoms with Crippen LogP contribution in [0.3, 0.4) is 0 Å². The Hall–Kier alpha value is -0.0800. The molecule has 2 aliphatic rings. The number of ether oxygens (including phenoxy) is 1. The summed E-state index contributed by atoms with van der Waals surface area (Å²) >= 11 is 0. The number of hydrogen-bond donors (Lipinski definition) is 1. The van der Waals surface area contributed by atoms with Gasteiger partial charge < -0.3 is 10.1 Å². The lowest BCUT2D eigenvalue weighted by Gasteiger charge is -2.30. The van der Waals surface area contributed by atoms with Crippen LogP contribution in [-0.2, 0) is 4.74 Å². The number of hydrogen-bond acceptors (Lipinski definition) is 2. The van der Waals surface area contributed by atoms with Gasteiger partial charge in [-0.05, 0) is 31.6 Å². The van der Waals surface area contributed by atoms with Crippen molar-refractivity contribution in [2.45, 2.75) is 64.0 Å². The molecule has 2 heteroatoms. The van der Waals surface area contributed by atoms with E-state index in [2.05, 4.69) is 19.2 Å². The van der Waals surface area contributed by atoms with Gasteiger partial charge in [-0.25, -0.2) is 0 Å². The van der Waals surface area contributed by atoms with Gasteiger partial charge in [0.15, 0.2) is 0 Å². The molecule has 15 heavy (non-hydrogen) atoms. The first-order valence-electron chi connectivity index (χ1n) is 6.67. The topological polar surface area (TPSA) is 21.3 Å². The molecule has 1 N–H and O–H groups in total. The Morgan fingerprint density at radius 2 is 1.93 bits per heavy atom. The summed E-state index contributed by atoms with van der Waals surface area (Å²) in [7, 11) is 0. The fraction of sp³-hybridized carbons (Fsp3) is 1.00. The van der Waals surface area contributed by atoms with E-state index in [0.29, 0.717) is 0 Å². The summed E-state index contributed by atoms with van der Waals surface area (Å²) in [6, 6.07) is 0.735. The highest BCUT2D eigenvalue weighted by molar-refractivity contribution is 4.90. The lowest BCUT2D eigenvalue weighted by Crippen LogP contribution is -2.43. The van der Waals surface area contributed by atoms with Crippen molar-refractivity contribution in [1.29, 1.82) is 0 Å². The Labute approximate surface area is 93.8 Å². The molecule has 1 aliphatic heterocycles. The lowest BCUT2D eigenvalue weighted by atomic mass is 9.85. The SMILES string of the molecule is CCC1(CC)CNC2CCCCC2CO1. The van der Waals surface area contributed by atoms with Crippen LogP contribution < -0.4 is 5.32 Å². The van der Waals surface area contributed by atoms with Crippen molar-refractivity contribution < 1.29 is 4.74 Å². The molecule has 0 aromatic heterocycles. The predicted molar refractivity (Wildman–Crippen MR) is 63.0 cm³/mol. The zero-order valence-corrected chi connectivity index (χ0v) is 10.2. The van der Waals surface area contributed by atoms with Crippen LogP contribution in [0.15, 0.2) is 0 Å². The largest absolute Gasteiger partial charge is 0.373 e. The molecule has 0 aromatic rings. The molecule has 88 valence electrons. The Morgan fingerprint density at radius 1 is 1.20 bits per heavy atom. The minimum atomic E-state index is 0.122. The van der Waals surface area contributed by atoms with Crippen molar-refractivity contribution in [1.82, 2.24) is 5.32 Å². The van der Waals surface area contributed by atoms with Crippen molar-refractivity contribution in [3.63, 3.8) is 0 Å². The third kappa shape index (κ3) is 2.36. The molecule has 0 aromatic carbocycles. The third-order valence-corrected chi connectivity index (χ3v) is 4.49. The van der Waals surface area contributed by atoms with Gasteiger partial charge in [0, 0.05) is 12.6 Å². The summed E-state index contributed by atoms with van der Waals surface area (Å²) in [5.74, 6) is 0.777. The van der Waals surface area contributed by atoms with Crippen LogP contribution in [-0.4, -0.2) is 24.8 Å². The summed E-state index contributed by atoms with van der Waals surface area (Å²) in [5, 5.41) is 3.75. The molecule has 0 amide bonds. The third-order valence-electron chi connectivity index (χ3n) is 4.49. The van der Waals surface area contributed by atoms with Gasteiger partial charge in [0.05, 0.1) is 12.2 Å². The predicted octanol–water partition coefficient (Wildman–Crippen LogP) is 2.72. The van der Waals surface area contributed by atoms with Gasteiger partial charge >= 0.3 is 0 Å². The Kier molecular flexibility index (Phi) is 3.68. The van der Waals surface area contributed by atoms with Gasteiger partial charge in [-0.3, -0.25) is 0 Å². The minimum absolute atomic E-state index is 0.122. The molecule has 2 unspecified atom stereocenters. The van der Waals surface area contributed by atoms with E-state index in [9.17, 15) is 0 Å². The smallest absolute Gasteiger partial charge is 0.0801 e. The van der Waals surface area contributed by atoms with Gasteiger partial charge in [0.2, 0.25) is 0 Å². The molecule has 2 nitrogen and oxygen atoms in total. The molecule has 2 fully saturated rings. The van der Waals surface area contributed by atoms with Crippen LogP contribution in [0.2, 0.25) is 0 Å². The molecule has 2 atom stereocenters. The molecule has 1 aliphatic carbocycles. The number of fused-ring (bicyclic) bond motifs is 1. The average Bonchev–Trinajstić information content (AvgIpc) is 2.49. The van der Waals surface area contributed by atoms with Gasteiger partial charge in [0.25, 0.3) is 0 Å². The van der Waals surface area contributed by atoms with Gasteiger partial charge in [-0.1, -0.05) is 26.7 Å². The summed E-state index contributed by atoms with van der Waals surface area (Å²) in [6.07, 6.45) is 7.79. The quantitative estimate of drug-likeness (QED) is 0.758. The van der Waals surface area contributed by atoms with E-state index in [-0.39, 0.29) is 5.60 Å². The van der Waals surface area contributed by atoms with Crippen LogP contribution in [0.25, 0.3) is 0 Å². The van der Waals surface area contributed by atoms with Crippen molar-refractivity contribution in [2.75, 3.05) is 13.2 Å². The molecular weight excluding hydrogens is 186 g/mol. The van der Waals surface area contributed by atoms with Crippen LogP contribution in [0.1, 0.15) is 52.4 Å². The summed E-state index contributed by atoms with van der Waals surface area (Å²) in [5.41, 5.74) is 0.122. The van der Waals surface area contributed by atoms with Crippen molar-refractivity contribution in [2.24, 2.45) is 5.92 Å². The molecule has 2 rings (SSSR count). The maximum absolute atomic E-state index is 6.20. The highest BCUT2D eigenvalue weighted by Gasteiger charge is 2.35. The van der Waals surface area contributed by atoms with E-state index in [1.807, 2.05) is 0 Å². The minimum Gasteiger partial charge on any atom is -0.373 e. The van der Waals surface area contributed by atoms with Gasteiger partial charge in [-0.2, -0.15) is 0 Å². The lowest BCUT2D eigenvalue weighted by molar-refractivity contribution is -0.0518. The zero-order valence-electron chi connectivity index (χ0n) is 10.2. The fourth-order valence-electron chi connectivity index (χ4n) is 3.03. The summed E-state index contributed by atoms with van der Waals surface area (Å²) < 4.78 is 6.20. The molecule has 0 radical (unpaired) electrons. The molecular formula is C13H25NO. The molecule has 0 spiro atoms. The highest BCUT2D eigenvalue weighted by atomic mass is 16.5. The van der Waals surface area contributed by atoms with E-state index in [1.54, 1.807) is 0 Å². The standard InChI is InChI=1S/C13H25NO/c1-3-13(4-2)10-14-12-8-6-5-7-11(12)9-15-13/h11-12,14H,3-10H2,1-2H3. The monoisotopic (exact) mass is 211 g/mol. The maximum atomic E-state index is 6.20. The fourth-order valence-corrected chi connectivity index (χ4v) is 3.03. The van der Waals surface area contributed by atoms with Crippen LogP contribution in [0, 0.1) is 5.92 Å². The highest BCUT2D eigenvalue weighted by Crippen LogP contribution is 2.31. The second-order valence-corrected chi connectivity index (χ2v) is 5.23. The first kappa shape index (κ1) is 11.4. The van der Waals surface area contributed by atoms with Gasteiger partial charge in [0.1, 0.15) is 0 Å². The Balaban J connectivity index is 2.01. The average molecular weight is 211 g/mol. The van der Waals surface area contributed by atoms with Crippen LogP contribution >= 0.6 is 0 Å². The molecule has 1 saturated heterocycles. The van der Waals surface area contributed by atoms with Crippen molar-refractivity contribution >= 4 is 0 Å². The van der Waals surface area contributed by atoms with E-state index in [1.165, 1.54) is 25.7 Å².